The van der Waals surface area contributed by atoms with Crippen LogP contribution in [0.25, 0.3) is 11.4 Å². The molecular formula is C19H20N4OS. The summed E-state index contributed by atoms with van der Waals surface area (Å²) in [5.74, 6) is 2.81. The average Bonchev–Trinajstić information content (AvgIpc) is 2.62. The minimum atomic E-state index is 0.508. The van der Waals surface area contributed by atoms with Crippen LogP contribution >= 0.6 is 11.8 Å². The molecule has 1 N–H and O–H groups in total. The normalized spacial score (nSPS) is 10.5. The van der Waals surface area contributed by atoms with E-state index in [4.69, 9.17) is 4.74 Å². The van der Waals surface area contributed by atoms with Crippen molar-refractivity contribution in [3.05, 3.63) is 59.9 Å². The van der Waals surface area contributed by atoms with Crippen LogP contribution in [0.4, 0.5) is 11.6 Å². The first-order chi connectivity index (χ1) is 12.2. The number of thioether (sulfide) groups is 1. The molecule has 0 aliphatic heterocycles. The second-order valence-corrected chi connectivity index (χ2v) is 6.46. The third-order valence-corrected chi connectivity index (χ3v) is 4.29. The van der Waals surface area contributed by atoms with Crippen LogP contribution in [0.1, 0.15) is 11.1 Å². The molecule has 0 saturated heterocycles. The molecule has 3 rings (SSSR count). The van der Waals surface area contributed by atoms with Gasteiger partial charge in [0.05, 0.1) is 12.7 Å². The van der Waals surface area contributed by atoms with Gasteiger partial charge in [-0.3, -0.25) is 0 Å². The van der Waals surface area contributed by atoms with Crippen LogP contribution in [0.3, 0.4) is 0 Å². The number of nitrogens with one attached hydrogen (secondary N) is 1. The fraction of sp³-hybridized carbons (Fsp3) is 0.211. The van der Waals surface area contributed by atoms with Gasteiger partial charge in [0.15, 0.2) is 5.82 Å². The third-order valence-electron chi connectivity index (χ3n) is 3.66. The van der Waals surface area contributed by atoms with Crippen LogP contribution in [0, 0.1) is 6.92 Å². The molecule has 0 amide bonds. The van der Waals surface area contributed by atoms with Crippen molar-refractivity contribution in [3.63, 3.8) is 0 Å². The van der Waals surface area contributed by atoms with Crippen LogP contribution in [0.5, 0.6) is 5.75 Å². The zero-order valence-electron chi connectivity index (χ0n) is 14.5. The van der Waals surface area contributed by atoms with Crippen molar-refractivity contribution >= 4 is 23.4 Å². The van der Waals surface area contributed by atoms with Crippen molar-refractivity contribution < 1.29 is 4.74 Å². The molecule has 0 fully saturated rings. The molecule has 0 atom stereocenters. The van der Waals surface area contributed by atoms with Gasteiger partial charge in [-0.1, -0.05) is 18.2 Å². The zero-order valence-corrected chi connectivity index (χ0v) is 15.3. The predicted molar refractivity (Wildman–Crippen MR) is 103 cm³/mol. The number of anilines is 2. The van der Waals surface area contributed by atoms with Gasteiger partial charge < -0.3 is 10.1 Å². The van der Waals surface area contributed by atoms with Crippen LogP contribution < -0.4 is 10.1 Å². The molecule has 0 bridgehead atoms. The highest BCUT2D eigenvalue weighted by Gasteiger charge is 2.10. The van der Waals surface area contributed by atoms with E-state index in [1.807, 2.05) is 37.3 Å². The number of aromatic nitrogens is 3. The molecule has 1 heterocycles. The Morgan fingerprint density at radius 2 is 2.00 bits per heavy atom. The summed E-state index contributed by atoms with van der Waals surface area (Å²) in [7, 11) is 1.65. The second-order valence-electron chi connectivity index (χ2n) is 5.59. The summed E-state index contributed by atoms with van der Waals surface area (Å²) in [4.78, 5) is 13.1. The highest BCUT2D eigenvalue weighted by molar-refractivity contribution is 7.97. The number of hydrogen-bond donors (Lipinski definition) is 1. The Hall–Kier alpha value is -2.60. The minimum absolute atomic E-state index is 0.508. The highest BCUT2D eigenvalue weighted by atomic mass is 32.2. The SMILES string of the molecule is COc1cc(C)ccc1-c1ncnc(Nc2cccc(CSC)c2)n1. The Kier molecular flexibility index (Phi) is 5.50. The maximum Gasteiger partial charge on any atom is 0.230 e. The first kappa shape index (κ1) is 17.2. The molecular weight excluding hydrogens is 332 g/mol. The summed E-state index contributed by atoms with van der Waals surface area (Å²) in [5, 5.41) is 3.25. The maximum atomic E-state index is 5.46. The molecule has 128 valence electrons. The summed E-state index contributed by atoms with van der Waals surface area (Å²) < 4.78 is 5.46. The van der Waals surface area contributed by atoms with E-state index in [2.05, 4.69) is 38.7 Å². The fourth-order valence-electron chi connectivity index (χ4n) is 2.50. The number of methoxy groups -OCH3 is 1. The predicted octanol–water partition coefficient (Wildman–Crippen LogP) is 4.46. The Morgan fingerprint density at radius 1 is 1.12 bits per heavy atom. The molecule has 5 nitrogen and oxygen atoms in total. The Labute approximate surface area is 151 Å². The third kappa shape index (κ3) is 4.28. The number of benzene rings is 2. The molecule has 0 aliphatic carbocycles. The largest absolute Gasteiger partial charge is 0.496 e. The lowest BCUT2D eigenvalue weighted by Gasteiger charge is -2.10. The standard InChI is InChI=1S/C19H20N4OS/c1-13-7-8-16(17(9-13)24-2)18-20-12-21-19(23-18)22-15-6-4-5-14(10-15)11-25-3/h4-10,12H,11H2,1-3H3,(H,20,21,22,23). The molecule has 6 heteroatoms. The monoisotopic (exact) mass is 352 g/mol. The molecule has 0 saturated carbocycles. The first-order valence-corrected chi connectivity index (χ1v) is 9.28. The van der Waals surface area contributed by atoms with E-state index in [-0.39, 0.29) is 0 Å². The lowest BCUT2D eigenvalue weighted by atomic mass is 10.1. The molecule has 0 radical (unpaired) electrons. The summed E-state index contributed by atoms with van der Waals surface area (Å²) in [5.41, 5.74) is 4.18. The van der Waals surface area contributed by atoms with Crippen molar-refractivity contribution in [3.8, 4) is 17.1 Å². The molecule has 2 aromatic carbocycles. The molecule has 25 heavy (non-hydrogen) atoms. The van der Waals surface area contributed by atoms with Gasteiger partial charge in [0, 0.05) is 11.4 Å². The lowest BCUT2D eigenvalue weighted by Crippen LogP contribution is -2.01. The van der Waals surface area contributed by atoms with Gasteiger partial charge in [-0.25, -0.2) is 9.97 Å². The zero-order chi connectivity index (χ0) is 17.6. The molecule has 0 unspecified atom stereocenters. The van der Waals surface area contributed by atoms with Crippen molar-refractivity contribution in [2.24, 2.45) is 0 Å². The number of nitrogens with zero attached hydrogens (tertiary/aromatic N) is 3. The van der Waals surface area contributed by atoms with E-state index in [9.17, 15) is 0 Å². The van der Waals surface area contributed by atoms with E-state index in [0.29, 0.717) is 11.8 Å². The molecule has 0 spiro atoms. The van der Waals surface area contributed by atoms with Crippen LogP contribution in [0.2, 0.25) is 0 Å². The second kappa shape index (κ2) is 7.98. The first-order valence-electron chi connectivity index (χ1n) is 7.88. The topological polar surface area (TPSA) is 59.9 Å². The van der Waals surface area contributed by atoms with Gasteiger partial charge in [-0.15, -0.1) is 0 Å². The van der Waals surface area contributed by atoms with E-state index in [1.165, 1.54) is 11.9 Å². The Balaban J connectivity index is 1.88. The summed E-state index contributed by atoms with van der Waals surface area (Å²) in [6, 6.07) is 14.2. The van der Waals surface area contributed by atoms with Gasteiger partial charge in [0.1, 0.15) is 12.1 Å². The number of rotatable bonds is 6. The highest BCUT2D eigenvalue weighted by Crippen LogP contribution is 2.28. The summed E-state index contributed by atoms with van der Waals surface area (Å²) in [6.07, 6.45) is 3.60. The fourth-order valence-corrected chi connectivity index (χ4v) is 3.02. The lowest BCUT2D eigenvalue weighted by molar-refractivity contribution is 0.416. The van der Waals surface area contributed by atoms with Crippen LogP contribution in [-0.4, -0.2) is 28.3 Å². The molecule has 1 aromatic heterocycles. The quantitative estimate of drug-likeness (QED) is 0.707. The van der Waals surface area contributed by atoms with E-state index >= 15 is 0 Å². The molecule has 0 aliphatic rings. The maximum absolute atomic E-state index is 5.46. The van der Waals surface area contributed by atoms with Gasteiger partial charge in [-0.05, 0) is 48.6 Å². The summed E-state index contributed by atoms with van der Waals surface area (Å²) in [6.45, 7) is 2.02. The van der Waals surface area contributed by atoms with E-state index < -0.39 is 0 Å². The minimum Gasteiger partial charge on any atom is -0.496 e. The number of ether oxygens (including phenoxy) is 1. The van der Waals surface area contributed by atoms with Gasteiger partial charge >= 0.3 is 0 Å². The van der Waals surface area contributed by atoms with Crippen molar-refractivity contribution in [2.75, 3.05) is 18.7 Å². The average molecular weight is 352 g/mol. The van der Waals surface area contributed by atoms with Gasteiger partial charge in [0.25, 0.3) is 0 Å². The van der Waals surface area contributed by atoms with E-state index in [1.54, 1.807) is 18.9 Å². The van der Waals surface area contributed by atoms with Crippen molar-refractivity contribution in [2.45, 2.75) is 12.7 Å². The summed E-state index contributed by atoms with van der Waals surface area (Å²) >= 11 is 1.79. The Morgan fingerprint density at radius 3 is 2.80 bits per heavy atom. The Bertz CT molecular complexity index is 870. The number of aryl methyl sites for hydroxylation is 1. The van der Waals surface area contributed by atoms with Crippen LogP contribution in [-0.2, 0) is 5.75 Å². The van der Waals surface area contributed by atoms with Crippen LogP contribution in [0.15, 0.2) is 48.8 Å². The van der Waals surface area contributed by atoms with Crippen molar-refractivity contribution in [1.82, 2.24) is 15.0 Å². The number of hydrogen-bond acceptors (Lipinski definition) is 6. The van der Waals surface area contributed by atoms with Gasteiger partial charge in [0.2, 0.25) is 5.95 Å². The molecule has 3 aromatic rings. The van der Waals surface area contributed by atoms with Crippen molar-refractivity contribution in [1.29, 1.82) is 0 Å². The van der Waals surface area contributed by atoms with Gasteiger partial charge in [-0.2, -0.15) is 16.7 Å². The smallest absolute Gasteiger partial charge is 0.230 e. The van der Waals surface area contributed by atoms with E-state index in [0.717, 1.165) is 28.3 Å².